The van der Waals surface area contributed by atoms with Crippen LogP contribution in [0.5, 0.6) is 5.75 Å². The van der Waals surface area contributed by atoms with E-state index < -0.39 is 23.7 Å². The average molecular weight is 469 g/mol. The molecule has 2 N–H and O–H groups in total. The average Bonchev–Trinajstić information content (AvgIpc) is 3.43. The molecule has 0 saturated carbocycles. The first-order valence-corrected chi connectivity index (χ1v) is 11.2. The molecule has 3 heterocycles. The van der Waals surface area contributed by atoms with Gasteiger partial charge in [0, 0.05) is 34.1 Å². The number of benzene rings is 2. The van der Waals surface area contributed by atoms with Gasteiger partial charge in [0.15, 0.2) is 23.5 Å². The van der Waals surface area contributed by atoms with Gasteiger partial charge in [0.1, 0.15) is 5.52 Å². The lowest BCUT2D eigenvalue weighted by Crippen LogP contribution is -2.31. The van der Waals surface area contributed by atoms with Gasteiger partial charge in [-0.05, 0) is 42.5 Å². The number of carboxylic acids is 1. The van der Waals surface area contributed by atoms with Gasteiger partial charge in [-0.15, -0.1) is 0 Å². The van der Waals surface area contributed by atoms with E-state index in [9.17, 15) is 14.3 Å². The molecule has 9 heteroatoms. The van der Waals surface area contributed by atoms with Crippen LogP contribution in [0.3, 0.4) is 0 Å². The number of aliphatic carboxylic acids is 1. The molecule has 0 unspecified atom stereocenters. The molecule has 5 rings (SSSR count). The number of rotatable bonds is 5. The van der Waals surface area contributed by atoms with Crippen molar-refractivity contribution in [3.63, 3.8) is 0 Å². The highest BCUT2D eigenvalue weighted by Gasteiger charge is 2.34. The minimum Gasteiger partial charge on any atom is -0.494 e. The highest BCUT2D eigenvalue weighted by atomic mass is 19.1. The third-order valence-electron chi connectivity index (χ3n) is 6.58. The lowest BCUT2D eigenvalue weighted by atomic mass is 9.86. The summed E-state index contributed by atoms with van der Waals surface area (Å²) in [5.41, 5.74) is 3.22. The number of halogens is 2. The summed E-state index contributed by atoms with van der Waals surface area (Å²) in [6, 6.07) is 6.44. The smallest absolute Gasteiger partial charge is 0.332 e. The first-order chi connectivity index (χ1) is 16.3. The molecule has 34 heavy (non-hydrogen) atoms. The maximum absolute atomic E-state index is 16.0. The maximum Gasteiger partial charge on any atom is 0.332 e. The third kappa shape index (κ3) is 3.42. The van der Waals surface area contributed by atoms with Crippen LogP contribution in [0.25, 0.3) is 27.5 Å². The Morgan fingerprint density at radius 1 is 1.29 bits per heavy atom. The second-order valence-corrected chi connectivity index (χ2v) is 8.96. The number of hydrogen-bond donors (Lipinski definition) is 2. The number of carbonyl (C=O) groups is 1. The Hall–Kier alpha value is -3.46. The zero-order valence-corrected chi connectivity index (χ0v) is 19.1. The number of H-pyrrole nitrogens is 1. The fraction of sp³-hybridized carbons (Fsp3) is 0.360. The molecule has 0 radical (unpaired) electrons. The van der Waals surface area contributed by atoms with Crippen molar-refractivity contribution in [2.75, 3.05) is 13.7 Å². The summed E-state index contributed by atoms with van der Waals surface area (Å²) in [4.78, 5) is 11.4. The second kappa shape index (κ2) is 8.39. The number of nitrogens with one attached hydrogen (secondary N) is 1. The van der Waals surface area contributed by atoms with E-state index in [1.807, 2.05) is 24.5 Å². The Kier molecular flexibility index (Phi) is 5.51. The van der Waals surface area contributed by atoms with E-state index in [1.165, 1.54) is 13.2 Å². The first-order valence-electron chi connectivity index (χ1n) is 11.2. The Labute approximate surface area is 194 Å². The summed E-state index contributed by atoms with van der Waals surface area (Å²) in [5.74, 6) is -2.03. The van der Waals surface area contributed by atoms with Crippen LogP contribution in [0.1, 0.15) is 49.8 Å². The van der Waals surface area contributed by atoms with Gasteiger partial charge in [0.2, 0.25) is 0 Å². The molecule has 1 aliphatic heterocycles. The fourth-order valence-corrected chi connectivity index (χ4v) is 5.07. The Morgan fingerprint density at radius 2 is 2.09 bits per heavy atom. The molecule has 0 amide bonds. The number of ether oxygens (including phenoxy) is 2. The second-order valence-electron chi connectivity index (χ2n) is 8.96. The van der Waals surface area contributed by atoms with E-state index >= 15 is 4.39 Å². The van der Waals surface area contributed by atoms with Crippen molar-refractivity contribution in [1.82, 2.24) is 14.8 Å². The quantitative estimate of drug-likeness (QED) is 0.416. The van der Waals surface area contributed by atoms with Crippen molar-refractivity contribution in [2.24, 2.45) is 0 Å². The monoisotopic (exact) mass is 469 g/mol. The largest absolute Gasteiger partial charge is 0.494 e. The van der Waals surface area contributed by atoms with Crippen molar-refractivity contribution < 1.29 is 28.2 Å². The molecule has 4 aromatic rings. The predicted octanol–water partition coefficient (Wildman–Crippen LogP) is 5.26. The number of hydrogen-bond acceptors (Lipinski definition) is 4. The van der Waals surface area contributed by atoms with Gasteiger partial charge in [-0.3, -0.25) is 5.10 Å². The highest BCUT2D eigenvalue weighted by Crippen LogP contribution is 2.44. The number of carboxylic acid groups (broad SMARTS) is 1. The molecular weight excluding hydrogens is 444 g/mol. The number of methoxy groups -OCH3 is 1. The summed E-state index contributed by atoms with van der Waals surface area (Å²) < 4.78 is 43.0. The number of nitrogens with zero attached hydrogens (tertiary/aromatic N) is 2. The highest BCUT2D eigenvalue weighted by molar-refractivity contribution is 6.00. The summed E-state index contributed by atoms with van der Waals surface area (Å²) >= 11 is 0. The minimum absolute atomic E-state index is 0.0217. The lowest BCUT2D eigenvalue weighted by molar-refractivity contribution is -0.153. The van der Waals surface area contributed by atoms with E-state index in [1.54, 1.807) is 18.3 Å². The normalized spacial score (nSPS) is 18.8. The van der Waals surface area contributed by atoms with Crippen molar-refractivity contribution in [3.8, 4) is 11.4 Å². The minimum atomic E-state index is -0.992. The van der Waals surface area contributed by atoms with Gasteiger partial charge in [0.25, 0.3) is 0 Å². The molecule has 1 aliphatic rings. The summed E-state index contributed by atoms with van der Waals surface area (Å²) in [5, 5.41) is 17.1. The van der Waals surface area contributed by atoms with Crippen LogP contribution in [0.2, 0.25) is 0 Å². The van der Waals surface area contributed by atoms with Crippen molar-refractivity contribution in [1.29, 1.82) is 0 Å². The van der Waals surface area contributed by atoms with Crippen LogP contribution in [-0.4, -0.2) is 45.7 Å². The Balaban J connectivity index is 1.82. The zero-order valence-electron chi connectivity index (χ0n) is 19.1. The molecule has 0 bridgehead atoms. The van der Waals surface area contributed by atoms with Gasteiger partial charge in [0.05, 0.1) is 25.4 Å². The van der Waals surface area contributed by atoms with Gasteiger partial charge in [-0.2, -0.15) is 5.10 Å². The molecule has 178 valence electrons. The van der Waals surface area contributed by atoms with Gasteiger partial charge in [-0.1, -0.05) is 13.8 Å². The topological polar surface area (TPSA) is 89.4 Å². The number of aromatic nitrogens is 3. The summed E-state index contributed by atoms with van der Waals surface area (Å²) in [6.45, 7) is 4.21. The van der Waals surface area contributed by atoms with E-state index in [2.05, 4.69) is 10.2 Å². The van der Waals surface area contributed by atoms with Crippen LogP contribution in [0, 0.1) is 11.6 Å². The maximum atomic E-state index is 16.0. The van der Waals surface area contributed by atoms with Crippen LogP contribution in [0.15, 0.2) is 30.5 Å². The van der Waals surface area contributed by atoms with E-state index in [-0.39, 0.29) is 24.2 Å². The van der Waals surface area contributed by atoms with Crippen LogP contribution >= 0.6 is 0 Å². The van der Waals surface area contributed by atoms with Gasteiger partial charge in [-0.25, -0.2) is 13.6 Å². The first kappa shape index (κ1) is 22.3. The summed E-state index contributed by atoms with van der Waals surface area (Å²) in [6.07, 6.45) is 1.58. The molecule has 2 aromatic carbocycles. The number of fused-ring (bicyclic) bond motifs is 2. The molecule has 0 spiro atoms. The van der Waals surface area contributed by atoms with Crippen molar-refractivity contribution in [2.45, 2.75) is 44.6 Å². The summed E-state index contributed by atoms with van der Waals surface area (Å²) in [7, 11) is 1.40. The SMILES string of the molecule is COc1cc(-n2c(C(C)C)c([C@@H]3CC[C@@H](C(=O)O)OC3)c3c(F)c4[nH]ncc4cc32)ccc1F. The molecule has 2 atom stereocenters. The van der Waals surface area contributed by atoms with E-state index in [4.69, 9.17) is 9.47 Å². The van der Waals surface area contributed by atoms with Crippen molar-refractivity contribution >= 4 is 27.8 Å². The predicted molar refractivity (Wildman–Crippen MR) is 123 cm³/mol. The van der Waals surface area contributed by atoms with E-state index in [0.717, 1.165) is 11.3 Å². The van der Waals surface area contributed by atoms with Gasteiger partial charge < -0.3 is 19.1 Å². The third-order valence-corrected chi connectivity index (χ3v) is 6.58. The lowest BCUT2D eigenvalue weighted by Gasteiger charge is -2.28. The van der Waals surface area contributed by atoms with Gasteiger partial charge >= 0.3 is 5.97 Å². The molecule has 2 aromatic heterocycles. The fourth-order valence-electron chi connectivity index (χ4n) is 5.07. The van der Waals surface area contributed by atoms with Crippen LogP contribution in [-0.2, 0) is 9.53 Å². The standard InChI is InChI=1S/C25H25F2N3O4/c1-12(2)24-20(13-4-7-18(25(31)32)34-11-13)21-17(8-14-10-28-29-23(14)22(21)27)30(24)15-5-6-16(26)19(9-15)33-3/h5-6,8-10,12-13,18H,4,7,11H2,1-3H3,(H,28,29)(H,31,32)/t13-,18+/m1/s1. The Bertz CT molecular complexity index is 1400. The molecule has 0 aliphatic carbocycles. The molecule has 7 nitrogen and oxygen atoms in total. The molecule has 1 fully saturated rings. The van der Waals surface area contributed by atoms with Crippen LogP contribution in [0.4, 0.5) is 8.78 Å². The zero-order chi connectivity index (χ0) is 24.1. The van der Waals surface area contributed by atoms with Crippen molar-refractivity contribution in [3.05, 3.63) is 53.4 Å². The van der Waals surface area contributed by atoms with E-state index in [0.29, 0.717) is 40.3 Å². The number of aromatic amines is 1. The molecule has 1 saturated heterocycles. The van der Waals surface area contributed by atoms with Crippen LogP contribution < -0.4 is 4.74 Å². The Morgan fingerprint density at radius 3 is 2.74 bits per heavy atom. The molecular formula is C25H25F2N3O4.